The highest BCUT2D eigenvalue weighted by Gasteiger charge is 2.14. The van der Waals surface area contributed by atoms with Gasteiger partial charge in [-0.25, -0.2) is 0 Å². The first kappa shape index (κ1) is 16.0. The molecule has 0 saturated heterocycles. The first-order valence-electron chi connectivity index (χ1n) is 5.82. The lowest BCUT2D eigenvalue weighted by Gasteiger charge is -2.17. The molecule has 1 rings (SSSR count). The topological polar surface area (TPSA) is 45.5 Å². The van der Waals surface area contributed by atoms with Gasteiger partial charge in [-0.3, -0.25) is 10.1 Å². The quantitative estimate of drug-likeness (QED) is 0.837. The smallest absolute Gasteiger partial charge is 0.284 e. The molecule has 1 heterocycles. The van der Waals surface area contributed by atoms with E-state index < -0.39 is 5.76 Å². The van der Waals surface area contributed by atoms with Crippen molar-refractivity contribution in [1.82, 2.24) is 10.2 Å². The Morgan fingerprint density at radius 1 is 1.42 bits per heavy atom. The fraction of sp³-hybridized carbons (Fsp3) is 0.583. The van der Waals surface area contributed by atoms with E-state index in [2.05, 4.69) is 5.32 Å². The van der Waals surface area contributed by atoms with E-state index in [1.165, 1.54) is 4.90 Å². The van der Waals surface area contributed by atoms with Gasteiger partial charge in [0.05, 0.1) is 18.3 Å². The Bertz CT molecular complexity index is 410. The first-order valence-corrected chi connectivity index (χ1v) is 6.87. The van der Waals surface area contributed by atoms with Gasteiger partial charge < -0.3 is 9.32 Å². The van der Waals surface area contributed by atoms with Crippen molar-refractivity contribution in [3.05, 3.63) is 23.7 Å². The zero-order valence-corrected chi connectivity index (χ0v) is 12.0. The summed E-state index contributed by atoms with van der Waals surface area (Å²) in [7, 11) is 3.38. The molecule has 7 heteroatoms. The highest BCUT2D eigenvalue weighted by atomic mass is 32.2. The third-order valence-corrected chi connectivity index (χ3v) is 3.17. The van der Waals surface area contributed by atoms with Crippen LogP contribution in [-0.2, 0) is 17.1 Å². The van der Waals surface area contributed by atoms with Crippen molar-refractivity contribution in [1.29, 1.82) is 0 Å². The van der Waals surface area contributed by atoms with Crippen molar-refractivity contribution in [2.24, 2.45) is 0 Å². The number of nitrogens with one attached hydrogen (secondary N) is 1. The highest BCUT2D eigenvalue weighted by Crippen LogP contribution is 2.21. The summed E-state index contributed by atoms with van der Waals surface area (Å²) in [6.07, 6.45) is 0. The molecule has 19 heavy (non-hydrogen) atoms. The minimum atomic E-state index is -2.40. The molecule has 1 aromatic rings. The lowest BCUT2D eigenvalue weighted by Crippen LogP contribution is -2.41. The molecule has 0 bridgehead atoms. The van der Waals surface area contributed by atoms with Crippen molar-refractivity contribution in [2.45, 2.75) is 31.0 Å². The molecule has 0 radical (unpaired) electrons. The lowest BCUT2D eigenvalue weighted by atomic mass is 10.3. The monoisotopic (exact) mass is 292 g/mol. The van der Waals surface area contributed by atoms with Crippen LogP contribution in [0.25, 0.3) is 0 Å². The third kappa shape index (κ3) is 5.61. The largest absolute Gasteiger partial charge is 0.464 e. The van der Waals surface area contributed by atoms with E-state index in [9.17, 15) is 13.6 Å². The van der Waals surface area contributed by atoms with Gasteiger partial charge in [0, 0.05) is 14.1 Å². The van der Waals surface area contributed by atoms with E-state index in [1.54, 1.807) is 33.2 Å². The summed E-state index contributed by atoms with van der Waals surface area (Å²) in [6, 6.07) is 3.07. The summed E-state index contributed by atoms with van der Waals surface area (Å²) >= 11 is 0.523. The Hall–Kier alpha value is -1.08. The molecule has 1 atom stereocenters. The molecular formula is C12H18F2N2O2S. The number of likely N-dealkylation sites (N-methyl/N-ethyl adjacent to an activating group) is 1. The van der Waals surface area contributed by atoms with E-state index in [0.29, 0.717) is 29.8 Å². The van der Waals surface area contributed by atoms with Crippen molar-refractivity contribution in [3.8, 4) is 0 Å². The number of amides is 1. The second-order valence-corrected chi connectivity index (χ2v) is 5.25. The van der Waals surface area contributed by atoms with Gasteiger partial charge in [-0.2, -0.15) is 8.78 Å². The van der Waals surface area contributed by atoms with Crippen LogP contribution in [0.2, 0.25) is 0 Å². The summed E-state index contributed by atoms with van der Waals surface area (Å²) in [5.41, 5.74) is 0. The zero-order chi connectivity index (χ0) is 14.4. The van der Waals surface area contributed by atoms with Crippen LogP contribution in [0.1, 0.15) is 18.4 Å². The normalized spacial score (nSPS) is 12.7. The van der Waals surface area contributed by atoms with E-state index >= 15 is 0 Å². The number of carbonyl (C=O) groups is 1. The summed E-state index contributed by atoms with van der Waals surface area (Å²) in [4.78, 5) is 13.1. The van der Waals surface area contributed by atoms with Crippen molar-refractivity contribution in [2.75, 3.05) is 14.1 Å². The Morgan fingerprint density at radius 2 is 2.05 bits per heavy atom. The lowest BCUT2D eigenvalue weighted by molar-refractivity contribution is -0.130. The maximum Gasteiger partial charge on any atom is 0.284 e. The summed E-state index contributed by atoms with van der Waals surface area (Å²) in [6.45, 7) is 2.15. The molecular weight excluding hydrogens is 274 g/mol. The molecule has 1 N–H and O–H groups in total. The van der Waals surface area contributed by atoms with Gasteiger partial charge in [0.1, 0.15) is 11.5 Å². The summed E-state index contributed by atoms with van der Waals surface area (Å²) in [5.74, 6) is -1.15. The number of nitrogens with zero attached hydrogens (tertiary/aromatic N) is 1. The number of hydrogen-bond donors (Lipinski definition) is 1. The van der Waals surface area contributed by atoms with Crippen LogP contribution < -0.4 is 5.32 Å². The molecule has 108 valence electrons. The average Bonchev–Trinajstić information content (AvgIpc) is 2.80. The molecule has 4 nitrogen and oxygen atoms in total. The first-order chi connectivity index (χ1) is 8.90. The maximum atomic E-state index is 12.0. The molecule has 0 aromatic carbocycles. The van der Waals surface area contributed by atoms with Gasteiger partial charge in [0.15, 0.2) is 0 Å². The van der Waals surface area contributed by atoms with Gasteiger partial charge in [-0.1, -0.05) is 11.8 Å². The van der Waals surface area contributed by atoms with E-state index in [0.717, 1.165) is 0 Å². The van der Waals surface area contributed by atoms with Crippen LogP contribution in [0, 0.1) is 0 Å². The van der Waals surface area contributed by atoms with Gasteiger partial charge >= 0.3 is 0 Å². The minimum Gasteiger partial charge on any atom is -0.464 e. The van der Waals surface area contributed by atoms with Crippen LogP contribution in [0.3, 0.4) is 0 Å². The van der Waals surface area contributed by atoms with Crippen LogP contribution in [0.4, 0.5) is 8.78 Å². The Balaban J connectivity index is 2.39. The molecule has 1 amide bonds. The Kier molecular flexibility index (Phi) is 6.30. The predicted molar refractivity (Wildman–Crippen MR) is 71.0 cm³/mol. The number of halogens is 2. The van der Waals surface area contributed by atoms with E-state index in [-0.39, 0.29) is 17.7 Å². The predicted octanol–water partition coefficient (Wildman–Crippen LogP) is 2.30. The number of thioether (sulfide) groups is 1. The molecule has 1 unspecified atom stereocenters. The van der Waals surface area contributed by atoms with E-state index in [4.69, 9.17) is 4.42 Å². The van der Waals surface area contributed by atoms with E-state index in [1.807, 2.05) is 0 Å². The fourth-order valence-electron chi connectivity index (χ4n) is 1.47. The SMILES string of the molecule is CC(NCc1ccc(CSC(F)F)o1)C(=O)N(C)C. The minimum absolute atomic E-state index is 0.0277. The van der Waals surface area contributed by atoms with Crippen molar-refractivity contribution in [3.63, 3.8) is 0 Å². The van der Waals surface area contributed by atoms with Gasteiger partial charge in [0.25, 0.3) is 5.76 Å². The van der Waals surface area contributed by atoms with Crippen LogP contribution >= 0.6 is 11.8 Å². The number of rotatable bonds is 7. The Morgan fingerprint density at radius 3 is 2.63 bits per heavy atom. The number of hydrogen-bond acceptors (Lipinski definition) is 4. The second-order valence-electron chi connectivity index (χ2n) is 4.27. The third-order valence-electron chi connectivity index (χ3n) is 2.46. The molecule has 1 aromatic heterocycles. The van der Waals surface area contributed by atoms with Crippen molar-refractivity contribution < 1.29 is 18.0 Å². The molecule has 0 aliphatic carbocycles. The number of furan rings is 1. The molecule has 0 saturated carbocycles. The van der Waals surface area contributed by atoms with Gasteiger partial charge in [-0.15, -0.1) is 0 Å². The molecule has 0 fully saturated rings. The molecule has 0 aliphatic heterocycles. The zero-order valence-electron chi connectivity index (χ0n) is 11.2. The molecule has 0 aliphatic rings. The van der Waals surface area contributed by atoms with Crippen LogP contribution in [0.15, 0.2) is 16.5 Å². The maximum absolute atomic E-state index is 12.0. The van der Waals surface area contributed by atoms with Crippen molar-refractivity contribution >= 4 is 17.7 Å². The molecule has 0 spiro atoms. The summed E-state index contributed by atoms with van der Waals surface area (Å²) < 4.78 is 29.4. The second kappa shape index (κ2) is 7.49. The van der Waals surface area contributed by atoms with Crippen LogP contribution in [-0.4, -0.2) is 36.7 Å². The summed E-state index contributed by atoms with van der Waals surface area (Å²) in [5, 5.41) is 3.02. The standard InChI is InChI=1S/C12H18F2N2O2S/c1-8(11(17)16(2)3)15-6-9-4-5-10(18-9)7-19-12(13)14/h4-5,8,12,15H,6-7H2,1-3H3. The fourth-order valence-corrected chi connectivity index (χ4v) is 1.91. The van der Waals surface area contributed by atoms with Gasteiger partial charge in [0.2, 0.25) is 5.91 Å². The average molecular weight is 292 g/mol. The van der Waals surface area contributed by atoms with Crippen LogP contribution in [0.5, 0.6) is 0 Å². The number of alkyl halides is 2. The highest BCUT2D eigenvalue weighted by molar-refractivity contribution is 7.98. The van der Waals surface area contributed by atoms with Gasteiger partial charge in [-0.05, 0) is 19.1 Å². The Labute approximate surface area is 115 Å². The number of carbonyl (C=O) groups excluding carboxylic acids is 1.